The van der Waals surface area contributed by atoms with Gasteiger partial charge in [0.2, 0.25) is 0 Å². The van der Waals surface area contributed by atoms with Crippen LogP contribution in [0.2, 0.25) is 0 Å². The third-order valence-corrected chi connectivity index (χ3v) is 4.05. The number of halogens is 1. The minimum atomic E-state index is -1.15. The predicted octanol–water partition coefficient (Wildman–Crippen LogP) is 3.93. The number of ketones is 1. The highest BCUT2D eigenvalue weighted by Gasteiger charge is 2.45. The lowest BCUT2D eigenvalue weighted by atomic mass is 9.71. The summed E-state index contributed by atoms with van der Waals surface area (Å²) < 4.78 is 18.6. The maximum atomic E-state index is 13.2. The summed E-state index contributed by atoms with van der Waals surface area (Å²) in [4.78, 5) is 24.9. The van der Waals surface area contributed by atoms with Gasteiger partial charge >= 0.3 is 6.09 Å². The molecule has 1 saturated carbocycles. The van der Waals surface area contributed by atoms with Crippen LogP contribution in [-0.4, -0.2) is 17.5 Å². The maximum absolute atomic E-state index is 13.2. The molecule has 5 heteroatoms. The summed E-state index contributed by atoms with van der Waals surface area (Å²) in [5, 5.41) is 2.77. The number of ether oxygens (including phenoxy) is 1. The van der Waals surface area contributed by atoms with Gasteiger partial charge in [-0.2, -0.15) is 0 Å². The molecule has 4 nitrogen and oxygen atoms in total. The van der Waals surface area contributed by atoms with Gasteiger partial charge in [-0.3, -0.25) is 4.79 Å². The van der Waals surface area contributed by atoms with Gasteiger partial charge in [0.05, 0.1) is 0 Å². The van der Waals surface area contributed by atoms with E-state index in [9.17, 15) is 14.0 Å². The highest BCUT2D eigenvalue weighted by atomic mass is 19.1. The molecule has 0 aliphatic heterocycles. The second-order valence-corrected chi connectivity index (χ2v) is 7.31. The van der Waals surface area contributed by atoms with Crippen molar-refractivity contribution in [2.45, 2.75) is 58.1 Å². The van der Waals surface area contributed by atoms with Crippen molar-refractivity contribution in [2.24, 2.45) is 5.92 Å². The Morgan fingerprint density at radius 3 is 2.48 bits per heavy atom. The van der Waals surface area contributed by atoms with Crippen molar-refractivity contribution in [3.63, 3.8) is 0 Å². The van der Waals surface area contributed by atoms with Crippen LogP contribution < -0.4 is 5.32 Å². The Hall–Kier alpha value is -1.91. The Kier molecular flexibility index (Phi) is 4.78. The summed E-state index contributed by atoms with van der Waals surface area (Å²) in [6, 6.07) is 5.73. The van der Waals surface area contributed by atoms with E-state index < -0.39 is 17.2 Å². The highest BCUT2D eigenvalue weighted by Crippen LogP contribution is 2.37. The highest BCUT2D eigenvalue weighted by molar-refractivity contribution is 5.93. The molecule has 2 rings (SSSR count). The molecule has 126 valence electrons. The lowest BCUT2D eigenvalue weighted by Crippen LogP contribution is -2.55. The van der Waals surface area contributed by atoms with E-state index in [4.69, 9.17) is 4.74 Å². The molecular formula is C18H24FNO3. The fraction of sp³-hybridized carbons (Fsp3) is 0.556. The SMILES string of the molecule is CC1CCC(=O)C(NC(=O)OC(C)(C)C)(c2ccc(F)cc2)C1. The Morgan fingerprint density at radius 1 is 1.30 bits per heavy atom. The lowest BCUT2D eigenvalue weighted by molar-refractivity contribution is -0.129. The van der Waals surface area contributed by atoms with E-state index in [1.165, 1.54) is 12.1 Å². The van der Waals surface area contributed by atoms with Gasteiger partial charge in [-0.1, -0.05) is 19.1 Å². The van der Waals surface area contributed by atoms with E-state index in [1.807, 2.05) is 6.92 Å². The smallest absolute Gasteiger partial charge is 0.408 e. The van der Waals surface area contributed by atoms with Crippen LogP contribution in [0, 0.1) is 11.7 Å². The van der Waals surface area contributed by atoms with Gasteiger partial charge in [0.25, 0.3) is 0 Å². The number of hydrogen-bond donors (Lipinski definition) is 1. The van der Waals surface area contributed by atoms with Crippen molar-refractivity contribution in [2.75, 3.05) is 0 Å². The maximum Gasteiger partial charge on any atom is 0.408 e. The van der Waals surface area contributed by atoms with Crippen molar-refractivity contribution < 1.29 is 18.7 Å². The largest absolute Gasteiger partial charge is 0.444 e. The molecule has 1 aliphatic carbocycles. The number of benzene rings is 1. The molecule has 2 unspecified atom stereocenters. The monoisotopic (exact) mass is 321 g/mol. The molecule has 0 heterocycles. The van der Waals surface area contributed by atoms with Crippen LogP contribution in [0.5, 0.6) is 0 Å². The average Bonchev–Trinajstić information content (AvgIpc) is 2.41. The predicted molar refractivity (Wildman–Crippen MR) is 85.5 cm³/mol. The standard InChI is InChI=1S/C18H24FNO3/c1-12-5-10-15(21)18(11-12,13-6-8-14(19)9-7-13)20-16(22)23-17(2,3)4/h6-9,12H,5,10-11H2,1-4H3,(H,20,22). The Bertz CT molecular complexity index is 591. The zero-order valence-electron chi connectivity index (χ0n) is 14.1. The average molecular weight is 321 g/mol. The van der Waals surface area contributed by atoms with Gasteiger partial charge < -0.3 is 10.1 Å². The van der Waals surface area contributed by atoms with Crippen LogP contribution >= 0.6 is 0 Å². The molecule has 1 aromatic carbocycles. The quantitative estimate of drug-likeness (QED) is 0.898. The second kappa shape index (κ2) is 6.30. The zero-order valence-corrected chi connectivity index (χ0v) is 14.1. The Morgan fingerprint density at radius 2 is 1.91 bits per heavy atom. The molecule has 1 N–H and O–H groups in total. The molecule has 0 saturated heterocycles. The fourth-order valence-electron chi connectivity index (χ4n) is 3.01. The van der Waals surface area contributed by atoms with Crippen molar-refractivity contribution in [3.05, 3.63) is 35.6 Å². The summed E-state index contributed by atoms with van der Waals surface area (Å²) in [7, 11) is 0. The number of alkyl carbamates (subject to hydrolysis) is 1. The van der Waals surface area contributed by atoms with E-state index in [1.54, 1.807) is 32.9 Å². The summed E-state index contributed by atoms with van der Waals surface area (Å²) in [6.45, 7) is 7.34. The van der Waals surface area contributed by atoms with Crippen LogP contribution in [0.4, 0.5) is 9.18 Å². The summed E-state index contributed by atoms with van der Waals surface area (Å²) >= 11 is 0. The molecule has 0 radical (unpaired) electrons. The van der Waals surface area contributed by atoms with Crippen LogP contribution in [-0.2, 0) is 15.1 Å². The number of amides is 1. The molecule has 1 aliphatic rings. The molecule has 0 spiro atoms. The van der Waals surface area contributed by atoms with Gasteiger partial charge in [-0.05, 0) is 57.2 Å². The number of Topliss-reactive ketones (excluding diaryl/α,β-unsaturated/α-hetero) is 1. The topological polar surface area (TPSA) is 55.4 Å². The number of rotatable bonds is 2. The van der Waals surface area contributed by atoms with E-state index >= 15 is 0 Å². The van der Waals surface area contributed by atoms with Gasteiger partial charge in [0, 0.05) is 6.42 Å². The fourth-order valence-corrected chi connectivity index (χ4v) is 3.01. The third kappa shape index (κ3) is 4.09. The first-order chi connectivity index (χ1) is 10.6. The minimum Gasteiger partial charge on any atom is -0.444 e. The lowest BCUT2D eigenvalue weighted by Gasteiger charge is -2.39. The minimum absolute atomic E-state index is 0.0620. The van der Waals surface area contributed by atoms with Gasteiger partial charge in [-0.25, -0.2) is 9.18 Å². The first-order valence-corrected chi connectivity index (χ1v) is 7.93. The summed E-state index contributed by atoms with van der Waals surface area (Å²) in [5.74, 6) is -0.168. The van der Waals surface area contributed by atoms with Crippen LogP contribution in [0.3, 0.4) is 0 Å². The third-order valence-electron chi connectivity index (χ3n) is 4.05. The van der Waals surface area contributed by atoms with E-state index in [2.05, 4.69) is 5.32 Å². The summed E-state index contributed by atoms with van der Waals surface area (Å²) in [5.41, 5.74) is -1.20. The van der Waals surface area contributed by atoms with E-state index in [0.717, 1.165) is 6.42 Å². The molecule has 0 bridgehead atoms. The van der Waals surface area contributed by atoms with Gasteiger partial charge in [0.1, 0.15) is 17.0 Å². The first kappa shape index (κ1) is 17.4. The first-order valence-electron chi connectivity index (χ1n) is 7.93. The second-order valence-electron chi connectivity index (χ2n) is 7.31. The molecule has 1 amide bonds. The number of carbonyl (C=O) groups is 2. The molecule has 1 fully saturated rings. The normalized spacial score (nSPS) is 25.1. The Balaban J connectivity index is 2.37. The van der Waals surface area contributed by atoms with Crippen LogP contribution in [0.1, 0.15) is 52.5 Å². The van der Waals surface area contributed by atoms with Crippen molar-refractivity contribution in [3.8, 4) is 0 Å². The number of nitrogens with one attached hydrogen (secondary N) is 1. The van der Waals surface area contributed by atoms with Crippen molar-refractivity contribution >= 4 is 11.9 Å². The molecular weight excluding hydrogens is 297 g/mol. The van der Waals surface area contributed by atoms with Crippen molar-refractivity contribution in [1.29, 1.82) is 0 Å². The van der Waals surface area contributed by atoms with E-state index in [-0.39, 0.29) is 17.5 Å². The molecule has 23 heavy (non-hydrogen) atoms. The Labute approximate surface area is 136 Å². The van der Waals surface area contributed by atoms with Crippen LogP contribution in [0.15, 0.2) is 24.3 Å². The zero-order chi connectivity index (χ0) is 17.3. The van der Waals surface area contributed by atoms with Crippen molar-refractivity contribution in [1.82, 2.24) is 5.32 Å². The van der Waals surface area contributed by atoms with E-state index in [0.29, 0.717) is 18.4 Å². The van der Waals surface area contributed by atoms with Gasteiger partial charge in [0.15, 0.2) is 5.78 Å². The van der Waals surface area contributed by atoms with Crippen LogP contribution in [0.25, 0.3) is 0 Å². The number of hydrogen-bond acceptors (Lipinski definition) is 3. The summed E-state index contributed by atoms with van der Waals surface area (Å²) in [6.07, 6.45) is 1.02. The van der Waals surface area contributed by atoms with Gasteiger partial charge in [-0.15, -0.1) is 0 Å². The molecule has 0 aromatic heterocycles. The number of carbonyl (C=O) groups excluding carboxylic acids is 2. The molecule has 2 atom stereocenters. The molecule has 1 aromatic rings.